The van der Waals surface area contributed by atoms with Gasteiger partial charge < -0.3 is 25.4 Å². The first-order valence-electron chi connectivity index (χ1n) is 8.86. The molecule has 8 heteroatoms. The average Bonchev–Trinajstić information content (AvgIpc) is 2.62. The van der Waals surface area contributed by atoms with Gasteiger partial charge in [0.15, 0.2) is 17.5 Å². The lowest BCUT2D eigenvalue weighted by Gasteiger charge is -2.25. The van der Waals surface area contributed by atoms with Crippen LogP contribution >= 0.6 is 24.0 Å². The van der Waals surface area contributed by atoms with E-state index < -0.39 is 5.41 Å². The Morgan fingerprint density at radius 3 is 2.37 bits per heavy atom. The molecule has 0 fully saturated rings. The second-order valence-electron chi connectivity index (χ2n) is 6.63. The lowest BCUT2D eigenvalue weighted by atomic mass is 9.92. The van der Waals surface area contributed by atoms with Crippen molar-refractivity contribution in [2.75, 3.05) is 33.8 Å². The summed E-state index contributed by atoms with van der Waals surface area (Å²) < 4.78 is 11.2. The molecule has 0 heterocycles. The van der Waals surface area contributed by atoms with Crippen molar-refractivity contribution in [3.8, 4) is 11.5 Å². The number of methoxy groups -OCH3 is 1. The SMILES string of the molecule is CCNC(=O)C(C)(C)CNC(=NC)NCC(C)Oc1ccccc1OC.I. The van der Waals surface area contributed by atoms with Gasteiger partial charge in [0, 0.05) is 20.1 Å². The van der Waals surface area contributed by atoms with Crippen molar-refractivity contribution in [1.29, 1.82) is 0 Å². The first kappa shape index (κ1) is 25.3. The molecule has 0 saturated carbocycles. The van der Waals surface area contributed by atoms with Crippen LogP contribution in [0.4, 0.5) is 0 Å². The number of benzene rings is 1. The van der Waals surface area contributed by atoms with Gasteiger partial charge >= 0.3 is 0 Å². The minimum atomic E-state index is -0.535. The Morgan fingerprint density at radius 1 is 1.19 bits per heavy atom. The van der Waals surface area contributed by atoms with Gasteiger partial charge in [-0.05, 0) is 39.8 Å². The molecular weight excluding hydrogens is 459 g/mol. The van der Waals surface area contributed by atoms with E-state index in [1.165, 1.54) is 0 Å². The zero-order chi connectivity index (χ0) is 19.6. The fraction of sp³-hybridized carbons (Fsp3) is 0.579. The molecule has 154 valence electrons. The van der Waals surface area contributed by atoms with Crippen LogP contribution in [0.25, 0.3) is 0 Å². The lowest BCUT2D eigenvalue weighted by molar-refractivity contribution is -0.128. The highest BCUT2D eigenvalue weighted by atomic mass is 127. The van der Waals surface area contributed by atoms with Gasteiger partial charge in [-0.15, -0.1) is 24.0 Å². The number of nitrogens with one attached hydrogen (secondary N) is 3. The summed E-state index contributed by atoms with van der Waals surface area (Å²) in [5.74, 6) is 2.03. The van der Waals surface area contributed by atoms with E-state index in [4.69, 9.17) is 9.47 Å². The summed E-state index contributed by atoms with van der Waals surface area (Å²) in [5, 5.41) is 9.25. The van der Waals surface area contributed by atoms with E-state index in [1.807, 2.05) is 52.0 Å². The van der Waals surface area contributed by atoms with Crippen molar-refractivity contribution in [3.05, 3.63) is 24.3 Å². The molecule has 3 N–H and O–H groups in total. The van der Waals surface area contributed by atoms with Crippen molar-refractivity contribution in [2.45, 2.75) is 33.8 Å². The minimum Gasteiger partial charge on any atom is -0.493 e. The topological polar surface area (TPSA) is 84.0 Å². The second-order valence-corrected chi connectivity index (χ2v) is 6.63. The van der Waals surface area contributed by atoms with Crippen LogP contribution in [0.3, 0.4) is 0 Å². The Hall–Kier alpha value is -1.71. The average molecular weight is 492 g/mol. The third-order valence-corrected chi connectivity index (χ3v) is 3.83. The van der Waals surface area contributed by atoms with Gasteiger partial charge in [0.05, 0.1) is 19.1 Å². The number of guanidine groups is 1. The molecule has 1 amide bonds. The Morgan fingerprint density at radius 2 is 1.81 bits per heavy atom. The molecule has 0 bridgehead atoms. The van der Waals surface area contributed by atoms with Crippen LogP contribution in [0.2, 0.25) is 0 Å². The van der Waals surface area contributed by atoms with Gasteiger partial charge in [-0.3, -0.25) is 9.79 Å². The molecule has 7 nitrogen and oxygen atoms in total. The Balaban J connectivity index is 0.00000676. The Kier molecular flexibility index (Phi) is 11.8. The third-order valence-electron chi connectivity index (χ3n) is 3.83. The normalized spacial score (nSPS) is 12.4. The van der Waals surface area contributed by atoms with Crippen LogP contribution < -0.4 is 25.4 Å². The van der Waals surface area contributed by atoms with E-state index in [9.17, 15) is 4.79 Å². The summed E-state index contributed by atoms with van der Waals surface area (Å²) in [7, 11) is 3.31. The van der Waals surface area contributed by atoms with Crippen molar-refractivity contribution in [2.24, 2.45) is 10.4 Å². The number of halogens is 1. The number of amides is 1. The summed E-state index contributed by atoms with van der Waals surface area (Å²) in [4.78, 5) is 16.2. The summed E-state index contributed by atoms with van der Waals surface area (Å²) in [6.07, 6.45) is -0.0961. The predicted octanol–water partition coefficient (Wildman–Crippen LogP) is 2.41. The molecule has 1 unspecified atom stereocenters. The molecule has 1 atom stereocenters. The molecule has 0 spiro atoms. The summed E-state index contributed by atoms with van der Waals surface area (Å²) in [6.45, 7) is 9.31. The number of para-hydroxylation sites is 2. The standard InChI is InChI=1S/C19H32N4O3.HI/c1-7-21-17(24)19(3,4)13-23-18(20-5)22-12-14(2)26-16-11-9-8-10-15(16)25-6;/h8-11,14H,7,12-13H2,1-6H3,(H,21,24)(H2,20,22,23);1H. The minimum absolute atomic E-state index is 0. The molecule has 0 radical (unpaired) electrons. The number of carbonyl (C=O) groups excluding carboxylic acids is 1. The number of nitrogens with zero attached hydrogens (tertiary/aromatic N) is 1. The summed E-state index contributed by atoms with van der Waals surface area (Å²) >= 11 is 0. The van der Waals surface area contributed by atoms with Crippen molar-refractivity contribution < 1.29 is 14.3 Å². The largest absolute Gasteiger partial charge is 0.493 e. The number of ether oxygens (including phenoxy) is 2. The van der Waals surface area contributed by atoms with Gasteiger partial charge in [-0.1, -0.05) is 12.1 Å². The van der Waals surface area contributed by atoms with E-state index in [0.717, 1.165) is 0 Å². The summed E-state index contributed by atoms with van der Waals surface area (Å²) in [5.41, 5.74) is -0.535. The highest BCUT2D eigenvalue weighted by molar-refractivity contribution is 14.0. The van der Waals surface area contributed by atoms with Gasteiger partial charge in [-0.2, -0.15) is 0 Å². The quantitative estimate of drug-likeness (QED) is 0.280. The highest BCUT2D eigenvalue weighted by Gasteiger charge is 2.27. The van der Waals surface area contributed by atoms with Crippen LogP contribution in [0.15, 0.2) is 29.3 Å². The number of aliphatic imine (C=N–C) groups is 1. The molecule has 0 aliphatic rings. The van der Waals surface area contributed by atoms with Crippen LogP contribution in [0.1, 0.15) is 27.7 Å². The Bertz CT molecular complexity index is 608. The van der Waals surface area contributed by atoms with Crippen LogP contribution in [0, 0.1) is 5.41 Å². The maximum Gasteiger partial charge on any atom is 0.227 e. The Labute approximate surface area is 179 Å². The van der Waals surface area contributed by atoms with Crippen LogP contribution in [-0.2, 0) is 4.79 Å². The molecule has 1 rings (SSSR count). The fourth-order valence-corrected chi connectivity index (χ4v) is 2.22. The van der Waals surface area contributed by atoms with Gasteiger partial charge in [0.1, 0.15) is 6.10 Å². The first-order chi connectivity index (χ1) is 12.3. The molecule has 0 aliphatic carbocycles. The van der Waals surface area contributed by atoms with Crippen LogP contribution in [0.5, 0.6) is 11.5 Å². The molecule has 1 aromatic carbocycles. The zero-order valence-corrected chi connectivity index (χ0v) is 19.4. The second kappa shape index (κ2) is 12.6. The van der Waals surface area contributed by atoms with Crippen molar-refractivity contribution in [3.63, 3.8) is 0 Å². The number of hydrogen-bond donors (Lipinski definition) is 3. The van der Waals surface area contributed by atoms with E-state index >= 15 is 0 Å². The maximum absolute atomic E-state index is 12.1. The van der Waals surface area contributed by atoms with E-state index in [-0.39, 0.29) is 36.0 Å². The zero-order valence-electron chi connectivity index (χ0n) is 17.1. The van der Waals surface area contributed by atoms with E-state index in [1.54, 1.807) is 14.2 Å². The van der Waals surface area contributed by atoms with Crippen molar-refractivity contribution >= 4 is 35.8 Å². The van der Waals surface area contributed by atoms with Gasteiger partial charge in [-0.25, -0.2) is 0 Å². The molecule has 0 aliphatic heterocycles. The third kappa shape index (κ3) is 8.68. The number of carbonyl (C=O) groups is 1. The molecular formula is C19H33IN4O3. The molecule has 1 aromatic rings. The van der Waals surface area contributed by atoms with E-state index in [2.05, 4.69) is 20.9 Å². The monoisotopic (exact) mass is 492 g/mol. The highest BCUT2D eigenvalue weighted by Crippen LogP contribution is 2.26. The molecule has 0 saturated heterocycles. The molecule has 27 heavy (non-hydrogen) atoms. The van der Waals surface area contributed by atoms with Crippen molar-refractivity contribution in [1.82, 2.24) is 16.0 Å². The fourth-order valence-electron chi connectivity index (χ4n) is 2.22. The summed E-state index contributed by atoms with van der Waals surface area (Å²) in [6, 6.07) is 7.54. The molecule has 0 aromatic heterocycles. The van der Waals surface area contributed by atoms with Gasteiger partial charge in [0.25, 0.3) is 0 Å². The lowest BCUT2D eigenvalue weighted by Crippen LogP contribution is -2.49. The van der Waals surface area contributed by atoms with Crippen LogP contribution in [-0.4, -0.2) is 51.8 Å². The number of rotatable bonds is 9. The van der Waals surface area contributed by atoms with Gasteiger partial charge in [0.2, 0.25) is 5.91 Å². The number of hydrogen-bond acceptors (Lipinski definition) is 4. The predicted molar refractivity (Wildman–Crippen MR) is 120 cm³/mol. The van der Waals surface area contributed by atoms with E-state index in [0.29, 0.717) is 37.1 Å². The maximum atomic E-state index is 12.1. The first-order valence-corrected chi connectivity index (χ1v) is 8.86. The smallest absolute Gasteiger partial charge is 0.227 e.